The quantitative estimate of drug-likeness (QED) is 0.265. The first-order valence-corrected chi connectivity index (χ1v) is 14.2. The Bertz CT molecular complexity index is 866. The van der Waals surface area contributed by atoms with Crippen LogP contribution in [-0.2, 0) is 23.1 Å². The molecule has 0 saturated carbocycles. The van der Waals surface area contributed by atoms with Gasteiger partial charge in [-0.15, -0.1) is 0 Å². The molecule has 2 aromatic carbocycles. The van der Waals surface area contributed by atoms with Gasteiger partial charge in [0.25, 0.3) is 0 Å². The Morgan fingerprint density at radius 2 is 1.40 bits per heavy atom. The number of hydrogen-bond acceptors (Lipinski definition) is 7. The molecule has 1 aliphatic heterocycles. The first-order chi connectivity index (χ1) is 17.1. The van der Waals surface area contributed by atoms with Crippen LogP contribution in [0.3, 0.4) is 0 Å². The molecule has 0 N–H and O–H groups in total. The molecule has 3 rings (SSSR count). The molecule has 0 bridgehead atoms. The maximum atomic E-state index is 14.1. The Kier molecular flexibility index (Phi) is 11.6. The monoisotopic (exact) mass is 505 g/mol. The van der Waals surface area contributed by atoms with Crippen LogP contribution < -0.4 is 14.9 Å². The Labute approximate surface area is 210 Å². The molecule has 1 saturated heterocycles. The van der Waals surface area contributed by atoms with Gasteiger partial charge in [0.15, 0.2) is 0 Å². The lowest BCUT2D eigenvalue weighted by Gasteiger charge is -2.38. The Morgan fingerprint density at radius 3 is 1.89 bits per heavy atom. The van der Waals surface area contributed by atoms with Crippen LogP contribution in [-0.4, -0.2) is 58.8 Å². The summed E-state index contributed by atoms with van der Waals surface area (Å²) >= 11 is 0. The molecule has 0 spiro atoms. The maximum absolute atomic E-state index is 14.1. The molecule has 35 heavy (non-hydrogen) atoms. The molecule has 2 unspecified atom stereocenters. The lowest BCUT2D eigenvalue weighted by molar-refractivity contribution is 0.00854. The van der Waals surface area contributed by atoms with Gasteiger partial charge in [-0.2, -0.15) is 0 Å². The van der Waals surface area contributed by atoms with Gasteiger partial charge in [-0.3, -0.25) is 13.6 Å². The average molecular weight is 506 g/mol. The van der Waals surface area contributed by atoms with Gasteiger partial charge in [-0.25, -0.2) is 0 Å². The van der Waals surface area contributed by atoms with Gasteiger partial charge >= 0.3 is 7.60 Å². The second-order valence-corrected chi connectivity index (χ2v) is 10.7. The number of hydrogen-bond donors (Lipinski definition) is 0. The molecule has 2 aromatic rings. The van der Waals surface area contributed by atoms with Crippen LogP contribution in [0.25, 0.3) is 0 Å². The van der Waals surface area contributed by atoms with Crippen LogP contribution in [0.4, 0.5) is 5.69 Å². The van der Waals surface area contributed by atoms with Crippen molar-refractivity contribution in [3.63, 3.8) is 0 Å². The number of benzene rings is 2. The number of unbranched alkanes of at least 4 members (excludes halogenated alkanes) is 2. The normalized spacial score (nSPS) is 23.0. The largest absolute Gasteiger partial charge is 0.497 e. The lowest BCUT2D eigenvalue weighted by atomic mass is 10.2. The van der Waals surface area contributed by atoms with E-state index in [0.29, 0.717) is 44.8 Å². The third-order valence-corrected chi connectivity index (χ3v) is 7.91. The maximum Gasteiger partial charge on any atom is 0.362 e. The van der Waals surface area contributed by atoms with Crippen molar-refractivity contribution in [1.29, 1.82) is 0 Å². The number of ether oxygens (including phenoxy) is 3. The fraction of sp³-hybridized carbons (Fsp3) is 0.556. The molecule has 0 amide bonds. The molecule has 1 fully saturated rings. The summed E-state index contributed by atoms with van der Waals surface area (Å²) in [6.07, 6.45) is 3.19. The molecule has 1 aliphatic rings. The van der Waals surface area contributed by atoms with Crippen molar-refractivity contribution >= 4 is 18.6 Å². The Balaban J connectivity index is 1.86. The van der Waals surface area contributed by atoms with Crippen molar-refractivity contribution in [1.82, 2.24) is 0 Å². The zero-order valence-electron chi connectivity index (χ0n) is 21.3. The minimum absolute atomic E-state index is 0.338. The molecule has 8 heteroatoms. The van der Waals surface area contributed by atoms with Gasteiger partial charge in [-0.05, 0) is 49.2 Å². The molecule has 1 heterocycles. The molecule has 0 radical (unpaired) electrons. The van der Waals surface area contributed by atoms with Crippen LogP contribution in [0, 0.1) is 0 Å². The molecule has 2 atom stereocenters. The van der Waals surface area contributed by atoms with Crippen molar-refractivity contribution in [2.75, 3.05) is 51.5 Å². The summed E-state index contributed by atoms with van der Waals surface area (Å²) < 4.78 is 43.9. The van der Waals surface area contributed by atoms with Gasteiger partial charge in [0.05, 0.1) is 25.6 Å². The van der Waals surface area contributed by atoms with Crippen molar-refractivity contribution in [3.8, 4) is 5.75 Å². The van der Waals surface area contributed by atoms with E-state index in [-0.39, 0.29) is 0 Å². The Hall–Kier alpha value is -1.89. The van der Waals surface area contributed by atoms with Gasteiger partial charge in [0.2, 0.25) is 0 Å². The second-order valence-electron chi connectivity index (χ2n) is 8.75. The third-order valence-electron chi connectivity index (χ3n) is 5.83. The van der Waals surface area contributed by atoms with E-state index in [0.717, 1.165) is 37.1 Å². The average Bonchev–Trinajstić information content (AvgIpc) is 2.88. The molecule has 0 aromatic heterocycles. The third kappa shape index (κ3) is 8.62. The molecular formula is C27H40NO6P. The van der Waals surface area contributed by atoms with Crippen LogP contribution in [0.1, 0.15) is 39.5 Å². The van der Waals surface area contributed by atoms with E-state index < -0.39 is 19.8 Å². The first kappa shape index (κ1) is 27.7. The summed E-state index contributed by atoms with van der Waals surface area (Å²) in [6.45, 7) is 7.25. The Morgan fingerprint density at radius 1 is 0.857 bits per heavy atom. The highest BCUT2D eigenvalue weighted by Gasteiger charge is 2.38. The van der Waals surface area contributed by atoms with E-state index in [1.807, 2.05) is 42.5 Å². The van der Waals surface area contributed by atoms with Crippen LogP contribution in [0.15, 0.2) is 54.6 Å². The number of methoxy groups -OCH3 is 1. The number of anilines is 1. The molecular weight excluding hydrogens is 465 g/mol. The predicted molar refractivity (Wildman–Crippen MR) is 140 cm³/mol. The molecule has 7 nitrogen and oxygen atoms in total. The van der Waals surface area contributed by atoms with Gasteiger partial charge in [0, 0.05) is 32.0 Å². The fourth-order valence-electron chi connectivity index (χ4n) is 3.87. The van der Waals surface area contributed by atoms with E-state index in [1.165, 1.54) is 0 Å². The summed E-state index contributed by atoms with van der Waals surface area (Å²) in [5, 5.41) is 0.551. The summed E-state index contributed by atoms with van der Waals surface area (Å²) in [4.78, 5) is 2.19. The van der Waals surface area contributed by atoms with Crippen LogP contribution >= 0.6 is 7.60 Å². The van der Waals surface area contributed by atoms with Crippen LogP contribution in [0.5, 0.6) is 5.75 Å². The molecule has 0 aliphatic carbocycles. The minimum atomic E-state index is -3.60. The highest BCUT2D eigenvalue weighted by Crippen LogP contribution is 2.50. The zero-order chi connectivity index (χ0) is 24.9. The van der Waals surface area contributed by atoms with Crippen molar-refractivity contribution in [2.45, 2.75) is 51.7 Å². The van der Waals surface area contributed by atoms with E-state index in [1.54, 1.807) is 19.2 Å². The number of nitrogens with zero attached hydrogens (tertiary/aromatic N) is 1. The standard InChI is InChI=1S/C27H40NO6P/c1-4-6-17-31-21-25-19-28(23-13-15-24(30-3)16-14-23)20-26(22-32-18-7-5-2)34-35(29,33-25)27-11-9-8-10-12-27/h8-16,25-26H,4-7,17-22H2,1-3H3. The van der Waals surface area contributed by atoms with Gasteiger partial charge < -0.3 is 19.1 Å². The second kappa shape index (κ2) is 14.6. The van der Waals surface area contributed by atoms with Crippen molar-refractivity contribution in [3.05, 3.63) is 54.6 Å². The summed E-state index contributed by atoms with van der Waals surface area (Å²) in [7, 11) is -1.94. The van der Waals surface area contributed by atoms with E-state index in [9.17, 15) is 4.57 Å². The lowest BCUT2D eigenvalue weighted by Crippen LogP contribution is -2.45. The minimum Gasteiger partial charge on any atom is -0.497 e. The SMILES string of the molecule is CCCCOCC1CN(c2ccc(OC)cc2)CC(COCCCC)OP(=O)(c2ccccc2)O1. The predicted octanol–water partition coefficient (Wildman–Crippen LogP) is 5.44. The summed E-state index contributed by atoms with van der Waals surface area (Å²) in [5.74, 6) is 0.792. The smallest absolute Gasteiger partial charge is 0.362 e. The van der Waals surface area contributed by atoms with E-state index >= 15 is 0 Å². The highest BCUT2D eigenvalue weighted by atomic mass is 31.2. The topological polar surface area (TPSA) is 66.5 Å². The summed E-state index contributed by atoms with van der Waals surface area (Å²) in [5.41, 5.74) is 1.01. The van der Waals surface area contributed by atoms with Crippen molar-refractivity contribution in [2.24, 2.45) is 0 Å². The number of rotatable bonds is 13. The van der Waals surface area contributed by atoms with E-state index in [2.05, 4.69) is 18.7 Å². The highest BCUT2D eigenvalue weighted by molar-refractivity contribution is 7.62. The zero-order valence-corrected chi connectivity index (χ0v) is 22.2. The fourth-order valence-corrected chi connectivity index (χ4v) is 5.75. The van der Waals surface area contributed by atoms with Gasteiger partial charge in [0.1, 0.15) is 18.0 Å². The molecule has 194 valence electrons. The van der Waals surface area contributed by atoms with Crippen LogP contribution in [0.2, 0.25) is 0 Å². The van der Waals surface area contributed by atoms with Crippen molar-refractivity contribution < 1.29 is 27.8 Å². The van der Waals surface area contributed by atoms with E-state index in [4.69, 9.17) is 23.3 Å². The van der Waals surface area contributed by atoms with Gasteiger partial charge in [-0.1, -0.05) is 44.9 Å². The first-order valence-electron chi connectivity index (χ1n) is 12.6. The summed E-state index contributed by atoms with van der Waals surface area (Å²) in [6, 6.07) is 17.1.